The summed E-state index contributed by atoms with van der Waals surface area (Å²) in [5.74, 6) is -0.570. The number of anilines is 1. The molecule has 3 rings (SSSR count). The van der Waals surface area contributed by atoms with Gasteiger partial charge in [0.1, 0.15) is 0 Å². The summed E-state index contributed by atoms with van der Waals surface area (Å²) in [6, 6.07) is 9.78. The van der Waals surface area contributed by atoms with Gasteiger partial charge in [0, 0.05) is 11.7 Å². The summed E-state index contributed by atoms with van der Waals surface area (Å²) in [7, 11) is -2.53. The molecule has 6 nitrogen and oxygen atoms in total. The molecule has 1 aliphatic rings. The van der Waals surface area contributed by atoms with Crippen molar-refractivity contribution in [3.63, 3.8) is 0 Å². The van der Waals surface area contributed by atoms with Gasteiger partial charge in [-0.15, -0.1) is 12.4 Å². The molecule has 0 spiro atoms. The number of nitrogen functional groups attached to an aromatic ring is 1. The highest BCUT2D eigenvalue weighted by molar-refractivity contribution is 7.89. The van der Waals surface area contributed by atoms with Gasteiger partial charge < -0.3 is 10.5 Å². The number of benzene rings is 2. The van der Waals surface area contributed by atoms with E-state index in [-0.39, 0.29) is 28.9 Å². The molecular formula is C19H23ClN2O4S. The van der Waals surface area contributed by atoms with Crippen LogP contribution < -0.4 is 10.5 Å². The van der Waals surface area contributed by atoms with Gasteiger partial charge in [-0.25, -0.2) is 17.9 Å². The molecule has 1 aliphatic carbocycles. The fourth-order valence-electron chi connectivity index (χ4n) is 3.34. The number of carbonyl (C=O) groups is 1. The van der Waals surface area contributed by atoms with Crippen molar-refractivity contribution in [3.8, 4) is 0 Å². The first-order chi connectivity index (χ1) is 12.3. The molecule has 0 saturated heterocycles. The van der Waals surface area contributed by atoms with Crippen molar-refractivity contribution in [1.29, 1.82) is 0 Å². The smallest absolute Gasteiger partial charge is 0.337 e. The second-order valence-electron chi connectivity index (χ2n) is 6.50. The van der Waals surface area contributed by atoms with Gasteiger partial charge in [0.05, 0.1) is 17.6 Å². The van der Waals surface area contributed by atoms with E-state index in [0.29, 0.717) is 17.7 Å². The largest absolute Gasteiger partial charge is 0.465 e. The van der Waals surface area contributed by atoms with Crippen LogP contribution in [0.3, 0.4) is 0 Å². The molecule has 0 amide bonds. The number of esters is 1. The predicted molar refractivity (Wildman–Crippen MR) is 107 cm³/mol. The molecule has 0 fully saturated rings. The zero-order chi connectivity index (χ0) is 18.9. The summed E-state index contributed by atoms with van der Waals surface area (Å²) in [6.07, 6.45) is 2.48. The number of hydrogen-bond acceptors (Lipinski definition) is 5. The molecule has 0 radical (unpaired) electrons. The van der Waals surface area contributed by atoms with Gasteiger partial charge in [-0.2, -0.15) is 0 Å². The third-order valence-corrected chi connectivity index (χ3v) is 6.29. The van der Waals surface area contributed by atoms with E-state index in [1.54, 1.807) is 25.1 Å². The fourth-order valence-corrected chi connectivity index (χ4v) is 4.86. The maximum absolute atomic E-state index is 13.0. The van der Waals surface area contributed by atoms with Crippen molar-refractivity contribution in [2.24, 2.45) is 0 Å². The third kappa shape index (κ3) is 4.43. The molecule has 1 atom stereocenters. The lowest BCUT2D eigenvalue weighted by Crippen LogP contribution is -2.31. The predicted octanol–water partition coefficient (Wildman–Crippen LogP) is 3.14. The highest BCUT2D eigenvalue weighted by Crippen LogP contribution is 2.32. The number of sulfonamides is 1. The fraction of sp³-hybridized carbons (Fsp3) is 0.316. The molecule has 3 N–H and O–H groups in total. The summed E-state index contributed by atoms with van der Waals surface area (Å²) in [5.41, 5.74) is 9.32. The lowest BCUT2D eigenvalue weighted by molar-refractivity contribution is 0.0600. The van der Waals surface area contributed by atoms with Gasteiger partial charge in [0.2, 0.25) is 10.0 Å². The molecule has 0 bridgehead atoms. The molecule has 0 aliphatic heterocycles. The van der Waals surface area contributed by atoms with Crippen molar-refractivity contribution in [2.75, 3.05) is 12.8 Å². The Morgan fingerprint density at radius 2 is 1.96 bits per heavy atom. The van der Waals surface area contributed by atoms with Crippen molar-refractivity contribution in [2.45, 2.75) is 37.1 Å². The number of carbonyl (C=O) groups excluding carboxylic acids is 1. The molecule has 0 saturated carbocycles. The standard InChI is InChI=1S/C19H22N2O4S.ClH/c1-12-6-7-14(19(22)25-2)11-18(12)26(23,24)21-17-5-3-4-13-10-15(20)8-9-16(13)17;/h6-11,17,21H,3-5,20H2,1-2H3;1H. The third-order valence-electron chi connectivity index (χ3n) is 4.68. The number of methoxy groups -OCH3 is 1. The molecule has 146 valence electrons. The number of nitrogens with two attached hydrogens (primary N) is 1. The Morgan fingerprint density at radius 3 is 2.67 bits per heavy atom. The molecular weight excluding hydrogens is 388 g/mol. The van der Waals surface area contributed by atoms with E-state index in [4.69, 9.17) is 5.73 Å². The summed E-state index contributed by atoms with van der Waals surface area (Å²) in [5, 5.41) is 0. The topological polar surface area (TPSA) is 98.5 Å². The molecule has 27 heavy (non-hydrogen) atoms. The Kier molecular flexibility index (Phi) is 6.51. The average molecular weight is 411 g/mol. The van der Waals surface area contributed by atoms with Crippen LogP contribution in [-0.4, -0.2) is 21.5 Å². The number of ether oxygens (including phenoxy) is 1. The van der Waals surface area contributed by atoms with Crippen LogP contribution in [0.2, 0.25) is 0 Å². The summed E-state index contributed by atoms with van der Waals surface area (Å²) in [6.45, 7) is 1.70. The van der Waals surface area contributed by atoms with Gasteiger partial charge in [-0.05, 0) is 67.1 Å². The quantitative estimate of drug-likeness (QED) is 0.596. The first-order valence-electron chi connectivity index (χ1n) is 8.41. The normalized spacial score (nSPS) is 16.1. The lowest BCUT2D eigenvalue weighted by atomic mass is 9.88. The monoisotopic (exact) mass is 410 g/mol. The number of fused-ring (bicyclic) bond motifs is 1. The maximum atomic E-state index is 13.0. The number of nitrogens with one attached hydrogen (secondary N) is 1. The average Bonchev–Trinajstić information content (AvgIpc) is 2.61. The van der Waals surface area contributed by atoms with E-state index in [2.05, 4.69) is 9.46 Å². The highest BCUT2D eigenvalue weighted by Gasteiger charge is 2.27. The molecule has 0 aromatic heterocycles. The minimum absolute atomic E-state index is 0. The zero-order valence-electron chi connectivity index (χ0n) is 15.2. The van der Waals surface area contributed by atoms with E-state index in [0.717, 1.165) is 24.0 Å². The molecule has 2 aromatic rings. The Hall–Kier alpha value is -2.09. The van der Waals surface area contributed by atoms with E-state index >= 15 is 0 Å². The minimum atomic E-state index is -3.80. The van der Waals surface area contributed by atoms with Crippen molar-refractivity contribution < 1.29 is 17.9 Å². The first kappa shape index (κ1) is 21.2. The SMILES string of the molecule is COC(=O)c1ccc(C)c(S(=O)(=O)NC2CCCc3cc(N)ccc32)c1.Cl. The van der Waals surface area contributed by atoms with E-state index in [1.807, 2.05) is 12.1 Å². The van der Waals surface area contributed by atoms with E-state index in [9.17, 15) is 13.2 Å². The van der Waals surface area contributed by atoms with Gasteiger partial charge >= 0.3 is 5.97 Å². The minimum Gasteiger partial charge on any atom is -0.465 e. The van der Waals surface area contributed by atoms with Gasteiger partial charge in [-0.3, -0.25) is 0 Å². The molecule has 2 aromatic carbocycles. The summed E-state index contributed by atoms with van der Waals surface area (Å²) >= 11 is 0. The number of halogens is 1. The lowest BCUT2D eigenvalue weighted by Gasteiger charge is -2.27. The van der Waals surface area contributed by atoms with Crippen LogP contribution in [0.1, 0.15) is 45.9 Å². The second kappa shape index (κ2) is 8.29. The van der Waals surface area contributed by atoms with Gasteiger partial charge in [-0.1, -0.05) is 12.1 Å². The zero-order valence-corrected chi connectivity index (χ0v) is 16.8. The van der Waals surface area contributed by atoms with Crippen molar-refractivity contribution >= 4 is 34.1 Å². The van der Waals surface area contributed by atoms with Gasteiger partial charge in [0.15, 0.2) is 0 Å². The van der Waals surface area contributed by atoms with Crippen LogP contribution in [0.5, 0.6) is 0 Å². The molecule has 0 heterocycles. The summed E-state index contributed by atoms with van der Waals surface area (Å²) in [4.78, 5) is 11.8. The van der Waals surface area contributed by atoms with E-state index in [1.165, 1.54) is 13.2 Å². The Labute approximate surface area is 165 Å². The van der Waals surface area contributed by atoms with Gasteiger partial charge in [0.25, 0.3) is 0 Å². The molecule has 1 unspecified atom stereocenters. The number of aryl methyl sites for hydroxylation is 2. The number of hydrogen-bond donors (Lipinski definition) is 2. The van der Waals surface area contributed by atoms with Crippen LogP contribution in [-0.2, 0) is 21.2 Å². The van der Waals surface area contributed by atoms with Crippen molar-refractivity contribution in [3.05, 3.63) is 58.7 Å². The second-order valence-corrected chi connectivity index (χ2v) is 8.18. The highest BCUT2D eigenvalue weighted by atomic mass is 35.5. The Morgan fingerprint density at radius 1 is 1.22 bits per heavy atom. The van der Waals surface area contributed by atoms with Crippen LogP contribution in [0.4, 0.5) is 5.69 Å². The Bertz CT molecular complexity index is 960. The summed E-state index contributed by atoms with van der Waals surface area (Å²) < 4.78 is 33.4. The number of rotatable bonds is 4. The molecule has 8 heteroatoms. The van der Waals surface area contributed by atoms with Crippen LogP contribution in [0, 0.1) is 6.92 Å². The maximum Gasteiger partial charge on any atom is 0.337 e. The van der Waals surface area contributed by atoms with Crippen LogP contribution >= 0.6 is 12.4 Å². The first-order valence-corrected chi connectivity index (χ1v) is 9.90. The van der Waals surface area contributed by atoms with E-state index < -0.39 is 16.0 Å². The van der Waals surface area contributed by atoms with Crippen LogP contribution in [0.25, 0.3) is 0 Å². The van der Waals surface area contributed by atoms with Crippen LogP contribution in [0.15, 0.2) is 41.3 Å². The Balaban J connectivity index is 0.00000261. The van der Waals surface area contributed by atoms with Crippen molar-refractivity contribution in [1.82, 2.24) is 4.72 Å².